The van der Waals surface area contributed by atoms with Crippen LogP contribution >= 0.6 is 0 Å². The molecule has 0 spiro atoms. The molecule has 0 aliphatic heterocycles. The Morgan fingerprint density at radius 2 is 1.63 bits per heavy atom. The molecule has 4 rings (SSSR count). The summed E-state index contributed by atoms with van der Waals surface area (Å²) in [6, 6.07) is 22.5. The number of nitrogens with zero attached hydrogens (tertiary/aromatic N) is 1. The predicted molar refractivity (Wildman–Crippen MR) is 154 cm³/mol. The highest BCUT2D eigenvalue weighted by Crippen LogP contribution is 2.34. The first-order valence-corrected chi connectivity index (χ1v) is 12.9. The number of hydrogen-bond donors (Lipinski definition) is 3. The quantitative estimate of drug-likeness (QED) is 0.115. The Morgan fingerprint density at radius 3 is 2.22 bits per heavy atom. The summed E-state index contributed by atoms with van der Waals surface area (Å²) in [4.78, 5) is 38.0. The number of nitrogens with one attached hydrogen (secondary N) is 2. The summed E-state index contributed by atoms with van der Waals surface area (Å²) < 4.78 is 18.5. The van der Waals surface area contributed by atoms with Crippen molar-refractivity contribution in [2.24, 2.45) is 5.16 Å². The molecule has 0 radical (unpaired) electrons. The number of aromatic nitrogens is 1. The van der Waals surface area contributed by atoms with Crippen LogP contribution in [0.3, 0.4) is 0 Å². The van der Waals surface area contributed by atoms with Crippen LogP contribution in [0.4, 0.5) is 4.39 Å². The van der Waals surface area contributed by atoms with Crippen LogP contribution in [0.15, 0.2) is 88.8 Å². The number of carbonyl (C=O) groups is 2. The highest BCUT2D eigenvalue weighted by molar-refractivity contribution is 6.01. The Bertz CT molecular complexity index is 1640. The van der Waals surface area contributed by atoms with Gasteiger partial charge in [0.25, 0.3) is 5.91 Å². The smallest absolute Gasteiger partial charge is 0.325 e. The number of ether oxygens (including phenoxy) is 1. The summed E-state index contributed by atoms with van der Waals surface area (Å²) in [6.45, 7) is 3.37. The summed E-state index contributed by atoms with van der Waals surface area (Å²) >= 11 is 0. The third kappa shape index (κ3) is 6.94. The number of oxime groups is 1. The van der Waals surface area contributed by atoms with Gasteiger partial charge in [-0.3, -0.25) is 14.4 Å². The first-order chi connectivity index (χ1) is 19.7. The molecule has 0 fully saturated rings. The van der Waals surface area contributed by atoms with Crippen molar-refractivity contribution < 1.29 is 23.9 Å². The molecule has 4 aromatic rings. The number of aryl methyl sites for hydroxylation is 2. The molecule has 0 bridgehead atoms. The van der Waals surface area contributed by atoms with Crippen LogP contribution in [0, 0.1) is 19.7 Å². The van der Waals surface area contributed by atoms with E-state index in [1.807, 2.05) is 43.3 Å². The largest absolute Gasteiger partial charge is 0.468 e. The van der Waals surface area contributed by atoms with Gasteiger partial charge in [-0.15, -0.1) is 0 Å². The highest BCUT2D eigenvalue weighted by Gasteiger charge is 2.22. The van der Waals surface area contributed by atoms with Gasteiger partial charge in [0, 0.05) is 35.2 Å². The van der Waals surface area contributed by atoms with Gasteiger partial charge in [0.15, 0.2) is 0 Å². The molecular weight excluding hydrogens is 525 g/mol. The Morgan fingerprint density at radius 1 is 0.976 bits per heavy atom. The van der Waals surface area contributed by atoms with Gasteiger partial charge >= 0.3 is 5.97 Å². The average Bonchev–Trinajstić information content (AvgIpc) is 2.97. The van der Waals surface area contributed by atoms with Gasteiger partial charge in [0.1, 0.15) is 12.4 Å². The van der Waals surface area contributed by atoms with Crippen LogP contribution in [0.2, 0.25) is 0 Å². The predicted octanol–water partition coefficient (Wildman–Crippen LogP) is 5.10. The number of H-pyrrole nitrogens is 1. The number of rotatable bonds is 9. The SMILES string of the molecule is COC(=O)CNC(=O)c1ccc(-c2ccc(C(C/C(=N\O)c3ccc(=O)[nH]c3C)c3ccc(F)cc3C)cc2)cc1. The maximum atomic E-state index is 14.0. The summed E-state index contributed by atoms with van der Waals surface area (Å²) in [6.07, 6.45) is 0.296. The van der Waals surface area contributed by atoms with Crippen molar-refractivity contribution in [3.63, 3.8) is 0 Å². The van der Waals surface area contributed by atoms with Gasteiger partial charge in [0.05, 0.1) is 12.8 Å². The number of esters is 1. The zero-order valence-corrected chi connectivity index (χ0v) is 22.9. The molecule has 8 nitrogen and oxygen atoms in total. The Kier molecular flexibility index (Phi) is 9.08. The standard InChI is InChI=1S/C32H30FN3O5/c1-19-16-25(33)12-13-26(19)28(17-29(36-40)27-14-15-30(37)35-20(27)2)23-8-4-21(5-9-23)22-6-10-24(11-7-22)32(39)34-18-31(38)41-3/h4-16,28,40H,17-18H2,1-3H3,(H,34,39)(H,35,37)/b36-29+. The lowest BCUT2D eigenvalue weighted by Crippen LogP contribution is -2.30. The molecule has 1 atom stereocenters. The second kappa shape index (κ2) is 12.9. The molecule has 0 saturated heterocycles. The summed E-state index contributed by atoms with van der Waals surface area (Å²) in [5.41, 5.74) is 6.11. The number of hydrogen-bond acceptors (Lipinski definition) is 6. The highest BCUT2D eigenvalue weighted by atomic mass is 19.1. The second-order valence-corrected chi connectivity index (χ2v) is 9.62. The van der Waals surface area contributed by atoms with Crippen molar-refractivity contribution in [1.82, 2.24) is 10.3 Å². The van der Waals surface area contributed by atoms with Gasteiger partial charge < -0.3 is 20.2 Å². The number of benzene rings is 3. The van der Waals surface area contributed by atoms with E-state index in [9.17, 15) is 24.0 Å². The molecule has 0 aliphatic rings. The topological polar surface area (TPSA) is 121 Å². The van der Waals surface area contributed by atoms with E-state index in [4.69, 9.17) is 0 Å². The van der Waals surface area contributed by atoms with E-state index in [0.717, 1.165) is 27.8 Å². The lowest BCUT2D eigenvalue weighted by atomic mass is 9.83. The first kappa shape index (κ1) is 28.9. The Hall–Kier alpha value is -5.05. The van der Waals surface area contributed by atoms with E-state index in [-0.39, 0.29) is 29.7 Å². The van der Waals surface area contributed by atoms with E-state index in [0.29, 0.717) is 29.0 Å². The zero-order chi connectivity index (χ0) is 29.5. The van der Waals surface area contributed by atoms with Gasteiger partial charge in [-0.05, 0) is 72.0 Å². The van der Waals surface area contributed by atoms with Crippen molar-refractivity contribution in [2.45, 2.75) is 26.2 Å². The average molecular weight is 556 g/mol. The molecule has 3 N–H and O–H groups in total. The molecule has 3 aromatic carbocycles. The minimum atomic E-state index is -0.532. The maximum absolute atomic E-state index is 14.0. The normalized spacial score (nSPS) is 12.0. The van der Waals surface area contributed by atoms with E-state index >= 15 is 0 Å². The summed E-state index contributed by atoms with van der Waals surface area (Å²) in [5, 5.41) is 16.0. The maximum Gasteiger partial charge on any atom is 0.325 e. The summed E-state index contributed by atoms with van der Waals surface area (Å²) in [5.74, 6) is -1.53. The number of aromatic amines is 1. The van der Waals surface area contributed by atoms with E-state index in [2.05, 4.69) is 20.2 Å². The molecule has 41 heavy (non-hydrogen) atoms. The first-order valence-electron chi connectivity index (χ1n) is 12.9. The van der Waals surface area contributed by atoms with Crippen LogP contribution in [0.25, 0.3) is 11.1 Å². The fourth-order valence-electron chi connectivity index (χ4n) is 4.77. The minimum absolute atomic E-state index is 0.211. The van der Waals surface area contributed by atoms with E-state index in [1.165, 1.54) is 25.3 Å². The van der Waals surface area contributed by atoms with Crippen molar-refractivity contribution >= 4 is 17.6 Å². The van der Waals surface area contributed by atoms with Crippen molar-refractivity contribution in [2.75, 3.05) is 13.7 Å². The number of methoxy groups -OCH3 is 1. The molecule has 1 amide bonds. The Balaban J connectivity index is 1.62. The van der Waals surface area contributed by atoms with Crippen LogP contribution in [0.1, 0.15) is 50.6 Å². The molecule has 0 saturated carbocycles. The van der Waals surface area contributed by atoms with Crippen molar-refractivity contribution in [3.05, 3.63) is 129 Å². The van der Waals surface area contributed by atoms with Crippen molar-refractivity contribution in [1.29, 1.82) is 0 Å². The summed E-state index contributed by atoms with van der Waals surface area (Å²) in [7, 11) is 1.25. The molecular formula is C32H30FN3O5. The number of pyridine rings is 1. The lowest BCUT2D eigenvalue weighted by Gasteiger charge is -2.22. The van der Waals surface area contributed by atoms with Crippen molar-refractivity contribution in [3.8, 4) is 11.1 Å². The zero-order valence-electron chi connectivity index (χ0n) is 22.9. The molecule has 0 aliphatic carbocycles. The van der Waals surface area contributed by atoms with Gasteiger partial charge in [0.2, 0.25) is 5.56 Å². The van der Waals surface area contributed by atoms with Crippen LogP contribution in [0.5, 0.6) is 0 Å². The molecule has 210 valence electrons. The van der Waals surface area contributed by atoms with Gasteiger partial charge in [-0.25, -0.2) is 4.39 Å². The number of carbonyl (C=O) groups excluding carboxylic acids is 2. The molecule has 1 unspecified atom stereocenters. The monoisotopic (exact) mass is 555 g/mol. The third-order valence-electron chi connectivity index (χ3n) is 6.97. The Labute approximate surface area is 236 Å². The second-order valence-electron chi connectivity index (χ2n) is 9.62. The minimum Gasteiger partial charge on any atom is -0.468 e. The van der Waals surface area contributed by atoms with Gasteiger partial charge in [-0.2, -0.15) is 0 Å². The van der Waals surface area contributed by atoms with E-state index in [1.54, 1.807) is 31.2 Å². The number of amides is 1. The van der Waals surface area contributed by atoms with Crippen LogP contribution in [-0.4, -0.2) is 41.4 Å². The van der Waals surface area contributed by atoms with E-state index < -0.39 is 5.97 Å². The molecule has 9 heteroatoms. The molecule has 1 heterocycles. The van der Waals surface area contributed by atoms with Crippen LogP contribution < -0.4 is 10.9 Å². The third-order valence-corrected chi connectivity index (χ3v) is 6.97. The fourth-order valence-corrected chi connectivity index (χ4v) is 4.77. The molecule has 1 aromatic heterocycles. The van der Waals surface area contributed by atoms with Crippen LogP contribution in [-0.2, 0) is 9.53 Å². The fraction of sp³-hybridized carbons (Fsp3) is 0.188. The van der Waals surface area contributed by atoms with Gasteiger partial charge in [-0.1, -0.05) is 47.6 Å². The lowest BCUT2D eigenvalue weighted by molar-refractivity contribution is -0.139. The number of halogens is 1.